The van der Waals surface area contributed by atoms with E-state index in [0.717, 1.165) is 33.3 Å². The number of pyridine rings is 1. The SMILES string of the molecule is N#CC[C@H](NC(=O)Cc1cc(-c2ccccc2)nc2ccccc12)c1ccccc1. The third-order valence-electron chi connectivity index (χ3n) is 5.05. The van der Waals surface area contributed by atoms with Crippen molar-refractivity contribution in [1.82, 2.24) is 10.3 Å². The van der Waals surface area contributed by atoms with Gasteiger partial charge >= 0.3 is 0 Å². The van der Waals surface area contributed by atoms with Crippen LogP contribution in [0.4, 0.5) is 0 Å². The molecule has 0 aliphatic rings. The van der Waals surface area contributed by atoms with Crippen molar-refractivity contribution >= 4 is 16.8 Å². The van der Waals surface area contributed by atoms with E-state index in [-0.39, 0.29) is 24.8 Å². The largest absolute Gasteiger partial charge is 0.348 e. The van der Waals surface area contributed by atoms with E-state index in [1.807, 2.05) is 91.0 Å². The number of carbonyl (C=O) groups excluding carboxylic acids is 1. The number of nitriles is 1. The highest BCUT2D eigenvalue weighted by atomic mass is 16.1. The Morgan fingerprint density at radius 2 is 1.60 bits per heavy atom. The predicted molar refractivity (Wildman–Crippen MR) is 118 cm³/mol. The van der Waals surface area contributed by atoms with E-state index in [2.05, 4.69) is 11.4 Å². The maximum absolute atomic E-state index is 12.9. The number of rotatable bonds is 6. The van der Waals surface area contributed by atoms with Crippen molar-refractivity contribution in [3.05, 3.63) is 102 Å². The van der Waals surface area contributed by atoms with Crippen LogP contribution >= 0.6 is 0 Å². The minimum Gasteiger partial charge on any atom is -0.348 e. The number of amides is 1. The fourth-order valence-corrected chi connectivity index (χ4v) is 3.60. The number of carbonyl (C=O) groups is 1. The summed E-state index contributed by atoms with van der Waals surface area (Å²) in [5.41, 5.74) is 4.56. The number of para-hydroxylation sites is 1. The van der Waals surface area contributed by atoms with Gasteiger partial charge in [-0.3, -0.25) is 4.79 Å². The van der Waals surface area contributed by atoms with Gasteiger partial charge in [0.2, 0.25) is 5.91 Å². The molecule has 3 aromatic carbocycles. The van der Waals surface area contributed by atoms with Crippen molar-refractivity contribution in [1.29, 1.82) is 5.26 Å². The molecule has 0 aliphatic heterocycles. The van der Waals surface area contributed by atoms with Crippen molar-refractivity contribution in [2.45, 2.75) is 18.9 Å². The van der Waals surface area contributed by atoms with Crippen molar-refractivity contribution in [3.8, 4) is 17.3 Å². The number of hydrogen-bond acceptors (Lipinski definition) is 3. The molecule has 0 saturated heterocycles. The highest BCUT2D eigenvalue weighted by Crippen LogP contribution is 2.25. The number of hydrogen-bond donors (Lipinski definition) is 1. The third kappa shape index (κ3) is 4.37. The molecule has 1 atom stereocenters. The van der Waals surface area contributed by atoms with Gasteiger partial charge in [0.1, 0.15) is 0 Å². The molecule has 4 nitrogen and oxygen atoms in total. The molecule has 4 rings (SSSR count). The second-order valence-corrected chi connectivity index (χ2v) is 7.12. The van der Waals surface area contributed by atoms with E-state index in [1.54, 1.807) is 0 Å². The van der Waals surface area contributed by atoms with Gasteiger partial charge in [-0.1, -0.05) is 78.9 Å². The van der Waals surface area contributed by atoms with Crippen LogP contribution in [0.1, 0.15) is 23.6 Å². The van der Waals surface area contributed by atoms with Gasteiger partial charge in [0.25, 0.3) is 0 Å². The Labute approximate surface area is 175 Å². The molecule has 0 bridgehead atoms. The van der Waals surface area contributed by atoms with Gasteiger partial charge in [0, 0.05) is 10.9 Å². The van der Waals surface area contributed by atoms with Crippen molar-refractivity contribution in [2.75, 3.05) is 0 Å². The second-order valence-electron chi connectivity index (χ2n) is 7.12. The van der Waals surface area contributed by atoms with E-state index in [1.165, 1.54) is 0 Å². The zero-order valence-corrected chi connectivity index (χ0v) is 16.5. The lowest BCUT2D eigenvalue weighted by Gasteiger charge is -2.17. The van der Waals surface area contributed by atoms with Crippen LogP contribution in [0, 0.1) is 11.3 Å². The summed E-state index contributed by atoms with van der Waals surface area (Å²) >= 11 is 0. The maximum Gasteiger partial charge on any atom is 0.224 e. The van der Waals surface area contributed by atoms with Gasteiger partial charge in [0.15, 0.2) is 0 Å². The minimum absolute atomic E-state index is 0.116. The monoisotopic (exact) mass is 391 g/mol. The lowest BCUT2D eigenvalue weighted by Crippen LogP contribution is -2.29. The highest BCUT2D eigenvalue weighted by Gasteiger charge is 2.16. The zero-order valence-electron chi connectivity index (χ0n) is 16.5. The van der Waals surface area contributed by atoms with E-state index < -0.39 is 0 Å². The molecular formula is C26H21N3O. The lowest BCUT2D eigenvalue weighted by molar-refractivity contribution is -0.121. The molecule has 1 N–H and O–H groups in total. The molecule has 1 aromatic heterocycles. The Hall–Kier alpha value is -3.97. The fraction of sp³-hybridized carbons (Fsp3) is 0.115. The molecule has 0 unspecified atom stereocenters. The number of aromatic nitrogens is 1. The molecule has 0 spiro atoms. The molecular weight excluding hydrogens is 370 g/mol. The van der Waals surface area contributed by atoms with Crippen LogP contribution in [0.15, 0.2) is 91.0 Å². The van der Waals surface area contributed by atoms with E-state index in [4.69, 9.17) is 4.98 Å². The first-order valence-corrected chi connectivity index (χ1v) is 9.90. The van der Waals surface area contributed by atoms with E-state index in [9.17, 15) is 10.1 Å². The lowest BCUT2D eigenvalue weighted by atomic mass is 10.0. The van der Waals surface area contributed by atoms with E-state index in [0.29, 0.717) is 0 Å². The summed E-state index contributed by atoms with van der Waals surface area (Å²) in [4.78, 5) is 17.7. The number of nitrogens with zero attached hydrogens (tertiary/aromatic N) is 2. The number of benzene rings is 3. The van der Waals surface area contributed by atoms with Crippen LogP contribution < -0.4 is 5.32 Å². The average Bonchev–Trinajstić information content (AvgIpc) is 2.80. The Morgan fingerprint density at radius 3 is 2.33 bits per heavy atom. The smallest absolute Gasteiger partial charge is 0.224 e. The van der Waals surface area contributed by atoms with Gasteiger partial charge < -0.3 is 5.32 Å². The molecule has 1 amide bonds. The first kappa shape index (κ1) is 19.4. The fourth-order valence-electron chi connectivity index (χ4n) is 3.60. The molecule has 4 aromatic rings. The van der Waals surface area contributed by atoms with Crippen LogP contribution in [0.25, 0.3) is 22.2 Å². The third-order valence-corrected chi connectivity index (χ3v) is 5.05. The normalized spacial score (nSPS) is 11.6. The van der Waals surface area contributed by atoms with Gasteiger partial charge in [0.05, 0.1) is 36.2 Å². The molecule has 1 heterocycles. The van der Waals surface area contributed by atoms with Crippen LogP contribution in [0.2, 0.25) is 0 Å². The Bertz CT molecular complexity index is 1200. The molecule has 0 aliphatic carbocycles. The van der Waals surface area contributed by atoms with Crippen molar-refractivity contribution in [2.24, 2.45) is 0 Å². The summed E-state index contributed by atoms with van der Waals surface area (Å²) in [7, 11) is 0. The van der Waals surface area contributed by atoms with Crippen LogP contribution in [-0.4, -0.2) is 10.9 Å². The highest BCUT2D eigenvalue weighted by molar-refractivity contribution is 5.90. The molecule has 0 saturated carbocycles. The Balaban J connectivity index is 1.64. The van der Waals surface area contributed by atoms with Crippen LogP contribution in [-0.2, 0) is 11.2 Å². The molecule has 0 fully saturated rings. The van der Waals surface area contributed by atoms with Gasteiger partial charge in [-0.05, 0) is 23.3 Å². The topological polar surface area (TPSA) is 65.8 Å². The zero-order chi connectivity index (χ0) is 20.8. The Morgan fingerprint density at radius 1 is 0.933 bits per heavy atom. The standard InChI is InChI=1S/C26H21N3O/c27-16-15-23(19-9-3-1-4-10-19)29-26(30)18-21-17-25(20-11-5-2-6-12-20)28-24-14-8-7-13-22(21)24/h1-14,17,23H,15,18H2,(H,29,30)/t23-/m0/s1. The summed E-state index contributed by atoms with van der Waals surface area (Å²) in [5, 5.41) is 13.2. The first-order valence-electron chi connectivity index (χ1n) is 9.90. The van der Waals surface area contributed by atoms with Crippen LogP contribution in [0.3, 0.4) is 0 Å². The summed E-state index contributed by atoms with van der Waals surface area (Å²) in [6.07, 6.45) is 0.444. The van der Waals surface area contributed by atoms with Gasteiger partial charge in [-0.15, -0.1) is 0 Å². The summed E-state index contributed by atoms with van der Waals surface area (Å²) < 4.78 is 0. The number of nitrogens with one attached hydrogen (secondary N) is 1. The molecule has 0 radical (unpaired) electrons. The summed E-state index contributed by atoms with van der Waals surface area (Å²) in [6.45, 7) is 0. The van der Waals surface area contributed by atoms with E-state index >= 15 is 0 Å². The summed E-state index contributed by atoms with van der Waals surface area (Å²) in [6, 6.07) is 31.2. The minimum atomic E-state index is -0.328. The van der Waals surface area contributed by atoms with Crippen molar-refractivity contribution in [3.63, 3.8) is 0 Å². The maximum atomic E-state index is 12.9. The summed E-state index contributed by atoms with van der Waals surface area (Å²) in [5.74, 6) is -0.116. The predicted octanol–water partition coefficient (Wildman–Crippen LogP) is 5.22. The van der Waals surface area contributed by atoms with Gasteiger partial charge in [-0.25, -0.2) is 4.98 Å². The van der Waals surface area contributed by atoms with Crippen LogP contribution in [0.5, 0.6) is 0 Å². The molecule has 4 heteroatoms. The Kier molecular flexibility index (Phi) is 5.82. The first-order chi connectivity index (χ1) is 14.7. The average molecular weight is 391 g/mol. The number of fused-ring (bicyclic) bond motifs is 1. The van der Waals surface area contributed by atoms with Crippen molar-refractivity contribution < 1.29 is 4.79 Å². The molecule has 30 heavy (non-hydrogen) atoms. The molecule has 146 valence electrons. The second kappa shape index (κ2) is 9.02. The van der Waals surface area contributed by atoms with Gasteiger partial charge in [-0.2, -0.15) is 5.26 Å². The quantitative estimate of drug-likeness (QED) is 0.490.